The molecule has 0 spiro atoms. The molecule has 7 rings (SSSR count). The first-order valence-corrected chi connectivity index (χ1v) is 17.4. The Kier molecular flexibility index (Phi) is 12.2. The van der Waals surface area contributed by atoms with Gasteiger partial charge in [-0.25, -0.2) is 0 Å². The Morgan fingerprint density at radius 3 is 1.05 bits per heavy atom. The van der Waals surface area contributed by atoms with Gasteiger partial charge in [-0.3, -0.25) is 0 Å². The van der Waals surface area contributed by atoms with Crippen LogP contribution in [0.2, 0.25) is 0 Å². The average Bonchev–Trinajstić information content (AvgIpc) is 3.28. The first-order valence-electron chi connectivity index (χ1n) is 14.3. The van der Waals surface area contributed by atoms with Crippen LogP contribution in [0.25, 0.3) is 44.5 Å². The molecule has 4 aliphatic rings. The van der Waals surface area contributed by atoms with Crippen molar-refractivity contribution < 1.29 is 48.0 Å². The zero-order valence-electron chi connectivity index (χ0n) is 24.8. The molecule has 0 nitrogen and oxygen atoms in total. The zero-order chi connectivity index (χ0) is 28.9. The summed E-state index contributed by atoms with van der Waals surface area (Å²) in [5.41, 5.74) is 13.7. The van der Waals surface area contributed by atoms with Crippen LogP contribution in [0.15, 0.2) is 152 Å². The number of halogens is 2. The Bertz CT molecular complexity index is 1750. The first-order chi connectivity index (χ1) is 20.6. The summed E-state index contributed by atoms with van der Waals surface area (Å²) < 4.78 is 4.43. The molecule has 3 aromatic rings. The number of benzene rings is 3. The largest absolute Gasteiger partial charge is 1.00 e. The Labute approximate surface area is 294 Å². The number of fused-ring (bicyclic) bond motifs is 2. The molecule has 0 aromatic heterocycles. The molecule has 0 unspecified atom stereocenters. The molecule has 0 bridgehead atoms. The number of aryl methyl sites for hydroxylation is 2. The summed E-state index contributed by atoms with van der Waals surface area (Å²) >= 11 is 1.56. The van der Waals surface area contributed by atoms with E-state index in [4.69, 9.17) is 0 Å². The van der Waals surface area contributed by atoms with Gasteiger partial charge in [-0.1, -0.05) is 30.3 Å². The second kappa shape index (κ2) is 15.9. The fourth-order valence-electron chi connectivity index (χ4n) is 5.65. The maximum absolute atomic E-state index is 2.63. The standard InChI is InChI=1S/2C17H13.C6H5.Al.2ClH.Zr/c2*1-13-11-15-9-5-6-10-16(17(15)12-13)14-7-3-2-4-8-14;1-2-4-6-5-3-1;;;;/h2*2-10,12H,1H3;1-5H;;2*1H;/q;;;;;;+2/p-2. The van der Waals surface area contributed by atoms with Crippen LogP contribution in [0, 0.1) is 13.8 Å². The summed E-state index contributed by atoms with van der Waals surface area (Å²) in [5.74, 6) is 0. The third-order valence-electron chi connectivity index (χ3n) is 7.70. The Morgan fingerprint density at radius 2 is 0.705 bits per heavy atom. The van der Waals surface area contributed by atoms with Crippen molar-refractivity contribution in [1.82, 2.24) is 0 Å². The molecular weight excluding hydrogens is 670 g/mol. The third kappa shape index (κ3) is 7.46. The smallest absolute Gasteiger partial charge is 0.175 e. The van der Waals surface area contributed by atoms with E-state index in [0.717, 1.165) is 0 Å². The van der Waals surface area contributed by atoms with Crippen LogP contribution in [0.4, 0.5) is 0 Å². The Hall–Kier alpha value is -2.94. The van der Waals surface area contributed by atoms with Crippen LogP contribution in [-0.2, 0) is 23.2 Å². The topological polar surface area (TPSA) is 0 Å². The molecule has 0 saturated carbocycles. The number of hydrogen-bond donors (Lipinski definition) is 0. The van der Waals surface area contributed by atoms with Crippen molar-refractivity contribution in [2.75, 3.05) is 0 Å². The Morgan fingerprint density at radius 1 is 0.386 bits per heavy atom. The third-order valence-corrected chi connectivity index (χ3v) is 12.6. The predicted octanol–water partition coefficient (Wildman–Crippen LogP) is 2.37. The molecule has 212 valence electrons. The molecule has 44 heavy (non-hydrogen) atoms. The second-order valence-corrected chi connectivity index (χ2v) is 14.3. The van der Waals surface area contributed by atoms with Gasteiger partial charge >= 0.3 is 221 Å². The molecule has 0 heterocycles. The van der Waals surface area contributed by atoms with E-state index in [2.05, 4.69) is 151 Å². The summed E-state index contributed by atoms with van der Waals surface area (Å²) in [4.78, 5) is 0. The van der Waals surface area contributed by atoms with Crippen LogP contribution in [0.1, 0.15) is 11.1 Å². The van der Waals surface area contributed by atoms with Gasteiger partial charge in [0, 0.05) is 0 Å². The minimum atomic E-state index is -1.07. The molecule has 0 aliphatic heterocycles. The van der Waals surface area contributed by atoms with E-state index in [1.807, 2.05) is 30.3 Å². The summed E-state index contributed by atoms with van der Waals surface area (Å²) in [6, 6.07) is 54.5. The summed E-state index contributed by atoms with van der Waals surface area (Å²) in [6.45, 7) is 4.61. The SMILES string of the molecule is Cc1cc2c(-c3ccccc3)ccccc-2[c]1[Zr+2][c]1c(C)cc2c(-c3ccccc3)ccccc1-2.[Al][c]1ccccc1.[Cl-].[Cl-]. The van der Waals surface area contributed by atoms with Crippen molar-refractivity contribution in [2.24, 2.45) is 0 Å². The van der Waals surface area contributed by atoms with E-state index >= 15 is 0 Å². The van der Waals surface area contributed by atoms with E-state index in [1.165, 1.54) is 60.1 Å². The van der Waals surface area contributed by atoms with Gasteiger partial charge in [0.25, 0.3) is 0 Å². The van der Waals surface area contributed by atoms with Crippen molar-refractivity contribution in [2.45, 2.75) is 13.8 Å². The summed E-state index contributed by atoms with van der Waals surface area (Å²) in [6.07, 6.45) is 0. The molecule has 0 fully saturated rings. The summed E-state index contributed by atoms with van der Waals surface area (Å²) in [5, 5.41) is 0. The predicted molar refractivity (Wildman–Crippen MR) is 178 cm³/mol. The fourth-order valence-corrected chi connectivity index (χ4v) is 9.55. The molecule has 0 N–H and O–H groups in total. The molecule has 4 heteroatoms. The number of hydrogen-bond acceptors (Lipinski definition) is 0. The second-order valence-electron chi connectivity index (χ2n) is 10.6. The van der Waals surface area contributed by atoms with Crippen LogP contribution < -0.4 is 35.8 Å². The number of rotatable bonds is 4. The van der Waals surface area contributed by atoms with E-state index in [0.29, 0.717) is 0 Å². The van der Waals surface area contributed by atoms with Crippen LogP contribution in [-0.4, -0.2) is 16.3 Å². The van der Waals surface area contributed by atoms with Gasteiger partial charge in [0.1, 0.15) is 0 Å². The van der Waals surface area contributed by atoms with Gasteiger partial charge in [-0.15, -0.1) is 4.43 Å². The van der Waals surface area contributed by atoms with E-state index in [9.17, 15) is 0 Å². The van der Waals surface area contributed by atoms with Crippen molar-refractivity contribution in [3.63, 3.8) is 0 Å². The molecule has 0 saturated heterocycles. The normalized spacial score (nSPS) is 10.1. The maximum Gasteiger partial charge on any atom is 0.175 e. The molecule has 0 atom stereocenters. The molecule has 2 radical (unpaired) electrons. The van der Waals surface area contributed by atoms with Gasteiger partial charge in [0.15, 0.2) is 16.3 Å². The molecule has 3 aromatic carbocycles. The fraction of sp³-hybridized carbons (Fsp3) is 0.0500. The van der Waals surface area contributed by atoms with Crippen LogP contribution >= 0.6 is 0 Å². The van der Waals surface area contributed by atoms with Gasteiger partial charge in [0.2, 0.25) is 0 Å². The molecule has 0 amide bonds. The minimum Gasteiger partial charge on any atom is -1.00 e. The minimum absolute atomic E-state index is 0. The van der Waals surface area contributed by atoms with Crippen molar-refractivity contribution in [3.8, 4) is 44.5 Å². The van der Waals surface area contributed by atoms with Gasteiger partial charge in [-0.2, -0.15) is 0 Å². The maximum atomic E-state index is 2.63. The van der Waals surface area contributed by atoms with Gasteiger partial charge < -0.3 is 24.8 Å². The van der Waals surface area contributed by atoms with Crippen LogP contribution in [0.3, 0.4) is 0 Å². The monoisotopic (exact) mass is 698 g/mol. The van der Waals surface area contributed by atoms with Crippen LogP contribution in [0.5, 0.6) is 0 Å². The van der Waals surface area contributed by atoms with Crippen molar-refractivity contribution in [3.05, 3.63) is 163 Å². The van der Waals surface area contributed by atoms with Gasteiger partial charge in [0.05, 0.1) is 0 Å². The van der Waals surface area contributed by atoms with Crippen molar-refractivity contribution >= 4 is 27.3 Å². The van der Waals surface area contributed by atoms with E-state index < -0.39 is 23.2 Å². The molecule has 4 aliphatic carbocycles. The van der Waals surface area contributed by atoms with E-state index in [-0.39, 0.29) is 24.8 Å². The molecular formula is C40H31AlCl2Zr. The van der Waals surface area contributed by atoms with Crippen molar-refractivity contribution in [1.29, 1.82) is 0 Å². The zero-order valence-corrected chi connectivity index (χ0v) is 29.9. The summed E-state index contributed by atoms with van der Waals surface area (Å²) in [7, 11) is 0. The quantitative estimate of drug-likeness (QED) is 0.248. The Balaban J connectivity index is 0.000000436. The van der Waals surface area contributed by atoms with E-state index in [1.54, 1.807) is 6.54 Å². The average molecular weight is 701 g/mol. The first kappa shape index (κ1) is 33.9. The van der Waals surface area contributed by atoms with Gasteiger partial charge in [-0.05, 0) is 0 Å².